The smallest absolute Gasteiger partial charge is 0.235 e. The molecule has 6 heteroatoms. The summed E-state index contributed by atoms with van der Waals surface area (Å²) in [6.07, 6.45) is 3.49. The lowest BCUT2D eigenvalue weighted by atomic mass is 10.00. The molecule has 0 unspecified atom stereocenters. The third-order valence-electron chi connectivity index (χ3n) is 4.15. The van der Waals surface area contributed by atoms with E-state index in [1.807, 2.05) is 30.1 Å². The van der Waals surface area contributed by atoms with Gasteiger partial charge in [0, 0.05) is 16.6 Å². The summed E-state index contributed by atoms with van der Waals surface area (Å²) in [4.78, 5) is 14.2. The summed E-state index contributed by atoms with van der Waals surface area (Å²) in [5.74, 6) is 0.689. The predicted molar refractivity (Wildman–Crippen MR) is 92.0 cm³/mol. The summed E-state index contributed by atoms with van der Waals surface area (Å²) in [6, 6.07) is 8.09. The van der Waals surface area contributed by atoms with Crippen LogP contribution in [-0.2, 0) is 11.3 Å². The fourth-order valence-electron chi connectivity index (χ4n) is 3.01. The van der Waals surface area contributed by atoms with Crippen LogP contribution < -0.4 is 10.1 Å². The lowest BCUT2D eigenvalue weighted by Gasteiger charge is -2.24. The van der Waals surface area contributed by atoms with E-state index in [9.17, 15) is 10.1 Å². The summed E-state index contributed by atoms with van der Waals surface area (Å²) in [5.41, 5.74) is 0.346. The van der Waals surface area contributed by atoms with Gasteiger partial charge in [0.1, 0.15) is 11.3 Å². The minimum atomic E-state index is -0.661. The summed E-state index contributed by atoms with van der Waals surface area (Å²) in [7, 11) is 3.52. The maximum atomic E-state index is 12.2. The maximum Gasteiger partial charge on any atom is 0.235 e. The second-order valence-corrected chi connectivity index (χ2v) is 6.99. The topological polar surface area (TPSA) is 65.4 Å². The molecule has 1 aromatic carbocycles. The number of carbonyl (C=O) groups is 1. The Morgan fingerprint density at radius 3 is 2.78 bits per heavy atom. The van der Waals surface area contributed by atoms with Gasteiger partial charge in [-0.25, -0.2) is 0 Å². The van der Waals surface area contributed by atoms with Crippen molar-refractivity contribution in [1.29, 1.82) is 5.26 Å². The van der Waals surface area contributed by atoms with Gasteiger partial charge in [0.25, 0.3) is 0 Å². The SMILES string of the molecule is COc1ccc(Br)cc1CN(C)CC(=O)NC1(C#N)CCCC1. The highest BCUT2D eigenvalue weighted by Gasteiger charge is 2.35. The Kier molecular flexibility index (Phi) is 6.03. The number of benzene rings is 1. The van der Waals surface area contributed by atoms with Gasteiger partial charge in [-0.15, -0.1) is 0 Å². The number of amides is 1. The number of likely N-dealkylation sites (N-methyl/N-ethyl adjacent to an activating group) is 1. The Balaban J connectivity index is 1.94. The lowest BCUT2D eigenvalue weighted by molar-refractivity contribution is -0.123. The van der Waals surface area contributed by atoms with Crippen LogP contribution in [-0.4, -0.2) is 37.0 Å². The number of ether oxygens (including phenoxy) is 1. The number of hydrogen-bond acceptors (Lipinski definition) is 4. The van der Waals surface area contributed by atoms with Gasteiger partial charge < -0.3 is 10.1 Å². The number of nitrogens with one attached hydrogen (secondary N) is 1. The van der Waals surface area contributed by atoms with Crippen LogP contribution in [0.1, 0.15) is 31.2 Å². The molecule has 1 aliphatic carbocycles. The molecule has 0 radical (unpaired) electrons. The van der Waals surface area contributed by atoms with Crippen molar-refractivity contribution in [3.63, 3.8) is 0 Å². The summed E-state index contributed by atoms with van der Waals surface area (Å²) < 4.78 is 6.33. The van der Waals surface area contributed by atoms with Crippen LogP contribution in [0, 0.1) is 11.3 Å². The van der Waals surface area contributed by atoms with Gasteiger partial charge in [0.15, 0.2) is 0 Å². The molecular weight excluding hydrogens is 358 g/mol. The van der Waals surface area contributed by atoms with Gasteiger partial charge in [-0.05, 0) is 50.9 Å². The van der Waals surface area contributed by atoms with Crippen molar-refractivity contribution in [1.82, 2.24) is 10.2 Å². The first-order valence-corrected chi connectivity index (χ1v) is 8.50. The highest BCUT2D eigenvalue weighted by atomic mass is 79.9. The molecule has 0 saturated heterocycles. The van der Waals surface area contributed by atoms with Crippen LogP contribution >= 0.6 is 15.9 Å². The van der Waals surface area contributed by atoms with E-state index < -0.39 is 5.54 Å². The summed E-state index contributed by atoms with van der Waals surface area (Å²) >= 11 is 3.45. The van der Waals surface area contributed by atoms with E-state index in [2.05, 4.69) is 27.3 Å². The average molecular weight is 380 g/mol. The van der Waals surface area contributed by atoms with E-state index >= 15 is 0 Å². The van der Waals surface area contributed by atoms with Crippen molar-refractivity contribution in [2.24, 2.45) is 0 Å². The Hall–Kier alpha value is -1.58. The molecule has 1 aliphatic rings. The largest absolute Gasteiger partial charge is 0.496 e. The van der Waals surface area contributed by atoms with E-state index in [0.717, 1.165) is 41.5 Å². The molecule has 1 fully saturated rings. The Morgan fingerprint density at radius 2 is 2.17 bits per heavy atom. The van der Waals surface area contributed by atoms with Crippen molar-refractivity contribution < 1.29 is 9.53 Å². The maximum absolute atomic E-state index is 12.2. The zero-order valence-electron chi connectivity index (χ0n) is 13.6. The van der Waals surface area contributed by atoms with Crippen molar-refractivity contribution in [3.05, 3.63) is 28.2 Å². The Bertz CT molecular complexity index is 606. The number of hydrogen-bond donors (Lipinski definition) is 1. The fraction of sp³-hybridized carbons (Fsp3) is 0.529. The van der Waals surface area contributed by atoms with E-state index in [-0.39, 0.29) is 12.5 Å². The monoisotopic (exact) mass is 379 g/mol. The molecular formula is C17H22BrN3O2. The number of methoxy groups -OCH3 is 1. The number of nitrogens with zero attached hydrogens (tertiary/aromatic N) is 2. The van der Waals surface area contributed by atoms with Gasteiger partial charge in [0.2, 0.25) is 5.91 Å². The van der Waals surface area contributed by atoms with E-state index in [0.29, 0.717) is 6.54 Å². The van der Waals surface area contributed by atoms with Crippen LogP contribution in [0.15, 0.2) is 22.7 Å². The quantitative estimate of drug-likeness (QED) is 0.824. The molecule has 1 aromatic rings. The second-order valence-electron chi connectivity index (χ2n) is 6.08. The third kappa shape index (κ3) is 4.69. The predicted octanol–water partition coefficient (Wildman–Crippen LogP) is 2.84. The van der Waals surface area contributed by atoms with E-state index in [4.69, 9.17) is 4.74 Å². The summed E-state index contributed by atoms with van der Waals surface area (Å²) in [6.45, 7) is 0.842. The second kappa shape index (κ2) is 7.80. The standard InChI is InChI=1S/C17H22BrN3O2/c1-21(10-13-9-14(18)5-6-15(13)23-2)11-16(22)20-17(12-19)7-3-4-8-17/h5-6,9H,3-4,7-8,10-11H2,1-2H3,(H,20,22). The van der Waals surface area contributed by atoms with Gasteiger partial charge >= 0.3 is 0 Å². The highest BCUT2D eigenvalue weighted by molar-refractivity contribution is 9.10. The molecule has 1 saturated carbocycles. The minimum Gasteiger partial charge on any atom is -0.496 e. The molecule has 0 aliphatic heterocycles. The zero-order valence-corrected chi connectivity index (χ0v) is 15.1. The number of halogens is 1. The van der Waals surface area contributed by atoms with Crippen LogP contribution in [0.5, 0.6) is 5.75 Å². The number of carbonyl (C=O) groups excluding carboxylic acids is 1. The molecule has 0 spiro atoms. The fourth-order valence-corrected chi connectivity index (χ4v) is 3.42. The van der Waals surface area contributed by atoms with Crippen LogP contribution in [0.2, 0.25) is 0 Å². The third-order valence-corrected chi connectivity index (χ3v) is 4.64. The van der Waals surface area contributed by atoms with Crippen molar-refractivity contribution in [2.75, 3.05) is 20.7 Å². The van der Waals surface area contributed by atoms with Crippen LogP contribution in [0.3, 0.4) is 0 Å². The van der Waals surface area contributed by atoms with E-state index in [1.54, 1.807) is 7.11 Å². The summed E-state index contributed by atoms with van der Waals surface area (Å²) in [5, 5.41) is 12.3. The molecule has 2 rings (SSSR count). The van der Waals surface area contributed by atoms with Crippen molar-refractivity contribution in [3.8, 4) is 11.8 Å². The normalized spacial score (nSPS) is 16.1. The first-order chi connectivity index (χ1) is 11.0. The Labute approximate surface area is 145 Å². The lowest BCUT2D eigenvalue weighted by Crippen LogP contribution is -2.48. The van der Waals surface area contributed by atoms with E-state index in [1.165, 1.54) is 0 Å². The zero-order chi connectivity index (χ0) is 16.9. The number of rotatable bonds is 6. The molecule has 0 atom stereocenters. The molecule has 23 heavy (non-hydrogen) atoms. The van der Waals surface area contributed by atoms with Crippen molar-refractivity contribution in [2.45, 2.75) is 37.8 Å². The van der Waals surface area contributed by atoms with Gasteiger partial charge in [-0.3, -0.25) is 9.69 Å². The molecule has 0 bridgehead atoms. The molecule has 1 amide bonds. The molecule has 0 aromatic heterocycles. The van der Waals surface area contributed by atoms with Crippen molar-refractivity contribution >= 4 is 21.8 Å². The Morgan fingerprint density at radius 1 is 1.48 bits per heavy atom. The minimum absolute atomic E-state index is 0.107. The van der Waals surface area contributed by atoms with Crippen LogP contribution in [0.25, 0.3) is 0 Å². The number of nitriles is 1. The van der Waals surface area contributed by atoms with Gasteiger partial charge in [-0.1, -0.05) is 15.9 Å². The molecule has 124 valence electrons. The van der Waals surface area contributed by atoms with Crippen LogP contribution in [0.4, 0.5) is 0 Å². The first-order valence-electron chi connectivity index (χ1n) is 7.71. The highest BCUT2D eigenvalue weighted by Crippen LogP contribution is 2.29. The average Bonchev–Trinajstić information content (AvgIpc) is 2.96. The molecule has 1 N–H and O–H groups in total. The first kappa shape index (κ1) is 17.8. The molecule has 0 heterocycles. The van der Waals surface area contributed by atoms with Gasteiger partial charge in [0.05, 0.1) is 19.7 Å². The van der Waals surface area contributed by atoms with Gasteiger partial charge in [-0.2, -0.15) is 5.26 Å². The molecule has 5 nitrogen and oxygen atoms in total.